The van der Waals surface area contributed by atoms with Gasteiger partial charge in [-0.05, 0) is 68.7 Å². The molecule has 420 valence electrons. The number of aromatic nitrogens is 2. The third kappa shape index (κ3) is 15.9. The van der Waals surface area contributed by atoms with E-state index >= 15 is 0 Å². The first-order valence-corrected chi connectivity index (χ1v) is 26.4. The number of rotatable bonds is 26. The third-order valence-corrected chi connectivity index (χ3v) is 14.0. The molecule has 4 aromatic rings. The van der Waals surface area contributed by atoms with Crippen molar-refractivity contribution >= 4 is 70.4 Å². The maximum Gasteiger partial charge on any atom is 0.317 e. The topological polar surface area (TPSA) is 287 Å². The number of hydrogen-bond donors (Lipinski definition) is 7. The standard InChI is InChI=1S/C53H66Cl2N10O13/c1-53(2)32-77-20-19-64(53)52(75)50-41-31-78-43-26-42(76-3)39(25-40(43)51(41)65(60-50)38-23-34(54)22-35(55)24-38)33-5-4-6-37(21-33)59-45(67)8-7-44(66)58-36-9-13-63(14-10-36)46(68)27-56-11-15-61(29-48(71)72)17-18-62(30-49(73)74)16-12-57-28-47(69)70/h4-6,21-26,36,56-57H,7-20,27-32H2,1-3H3,(H,58,66)(H,59,67)(H,69,70)(H,71,72)(H,73,74). The van der Waals surface area contributed by atoms with Gasteiger partial charge in [0.2, 0.25) is 17.7 Å². The number of carbonyl (C=O) groups excluding carboxylic acids is 4. The highest BCUT2D eigenvalue weighted by atomic mass is 35.5. The minimum Gasteiger partial charge on any atom is -0.496 e. The Morgan fingerprint density at radius 2 is 1.45 bits per heavy atom. The van der Waals surface area contributed by atoms with Gasteiger partial charge in [0.25, 0.3) is 5.91 Å². The van der Waals surface area contributed by atoms with Gasteiger partial charge in [0.05, 0.1) is 63.4 Å². The molecule has 3 aliphatic rings. The van der Waals surface area contributed by atoms with Gasteiger partial charge in [-0.1, -0.05) is 35.3 Å². The van der Waals surface area contributed by atoms with Crippen molar-refractivity contribution in [1.29, 1.82) is 0 Å². The van der Waals surface area contributed by atoms with Crippen molar-refractivity contribution in [2.45, 2.75) is 57.7 Å². The normalized spacial score (nSPS) is 15.1. The summed E-state index contributed by atoms with van der Waals surface area (Å²) in [6, 6.07) is 15.7. The van der Waals surface area contributed by atoms with E-state index in [1.807, 2.05) is 26.0 Å². The molecule has 0 spiro atoms. The van der Waals surface area contributed by atoms with Crippen molar-refractivity contribution in [2.75, 3.05) is 111 Å². The van der Waals surface area contributed by atoms with Crippen LogP contribution in [0.4, 0.5) is 5.69 Å². The Kier molecular flexibility index (Phi) is 20.5. The van der Waals surface area contributed by atoms with Gasteiger partial charge < -0.3 is 60.6 Å². The lowest BCUT2D eigenvalue weighted by atomic mass is 9.95. The Balaban J connectivity index is 0.908. The first kappa shape index (κ1) is 58.8. The number of methoxy groups -OCH3 is 1. The largest absolute Gasteiger partial charge is 0.496 e. The predicted molar refractivity (Wildman–Crippen MR) is 288 cm³/mol. The van der Waals surface area contributed by atoms with Crippen LogP contribution in [-0.2, 0) is 40.1 Å². The summed E-state index contributed by atoms with van der Waals surface area (Å²) in [6.07, 6.45) is 0.891. The fourth-order valence-electron chi connectivity index (χ4n) is 9.63. The van der Waals surface area contributed by atoms with Crippen molar-refractivity contribution in [2.24, 2.45) is 0 Å². The molecule has 7 N–H and O–H groups in total. The summed E-state index contributed by atoms with van der Waals surface area (Å²) in [5.41, 5.74) is 3.83. The van der Waals surface area contributed by atoms with Gasteiger partial charge in [0, 0.05) is 116 Å². The fourth-order valence-corrected chi connectivity index (χ4v) is 10.1. The van der Waals surface area contributed by atoms with E-state index in [4.69, 9.17) is 47.6 Å². The van der Waals surface area contributed by atoms with Crippen LogP contribution in [0.5, 0.6) is 11.5 Å². The molecule has 2 fully saturated rings. The van der Waals surface area contributed by atoms with E-state index in [2.05, 4.69) is 21.3 Å². The number of likely N-dealkylation sites (tertiary alicyclic amines) is 1. The smallest absolute Gasteiger partial charge is 0.317 e. The predicted octanol–water partition coefficient (Wildman–Crippen LogP) is 3.53. The molecule has 3 aromatic carbocycles. The number of aliphatic carboxylic acids is 3. The summed E-state index contributed by atoms with van der Waals surface area (Å²) >= 11 is 13.0. The van der Waals surface area contributed by atoms with Crippen LogP contribution in [-0.4, -0.2) is 203 Å². The number of hydrogen-bond acceptors (Lipinski definition) is 15. The number of carbonyl (C=O) groups is 7. The molecule has 7 rings (SSSR count). The molecule has 23 nitrogen and oxygen atoms in total. The Labute approximate surface area is 461 Å². The minimum absolute atomic E-state index is 0.0131. The quantitative estimate of drug-likeness (QED) is 0.0443. The highest BCUT2D eigenvalue weighted by molar-refractivity contribution is 6.34. The van der Waals surface area contributed by atoms with Crippen molar-refractivity contribution < 1.29 is 63.1 Å². The van der Waals surface area contributed by atoms with E-state index in [0.29, 0.717) is 113 Å². The molecule has 0 bridgehead atoms. The van der Waals surface area contributed by atoms with Crippen LogP contribution in [0.3, 0.4) is 0 Å². The number of anilines is 1. The zero-order valence-electron chi connectivity index (χ0n) is 43.8. The zero-order chi connectivity index (χ0) is 56.1. The molecule has 0 radical (unpaired) electrons. The minimum atomic E-state index is -1.07. The second-order valence-electron chi connectivity index (χ2n) is 19.8. The highest BCUT2D eigenvalue weighted by Crippen LogP contribution is 2.47. The number of carboxylic acid groups (broad SMARTS) is 3. The van der Waals surface area contributed by atoms with Gasteiger partial charge in [-0.25, -0.2) is 4.68 Å². The molecule has 0 unspecified atom stereocenters. The molecule has 78 heavy (non-hydrogen) atoms. The van der Waals surface area contributed by atoms with Crippen LogP contribution in [0, 0.1) is 0 Å². The van der Waals surface area contributed by atoms with Crippen LogP contribution >= 0.6 is 23.2 Å². The average Bonchev–Trinajstić information content (AvgIpc) is 4.05. The van der Waals surface area contributed by atoms with Gasteiger partial charge in [-0.15, -0.1) is 0 Å². The number of halogens is 2. The van der Waals surface area contributed by atoms with Gasteiger partial charge in [-0.3, -0.25) is 43.4 Å². The number of piperidine rings is 1. The molecule has 0 atom stereocenters. The average molecular weight is 1120 g/mol. The van der Waals surface area contributed by atoms with Crippen LogP contribution < -0.4 is 30.7 Å². The highest BCUT2D eigenvalue weighted by Gasteiger charge is 2.39. The van der Waals surface area contributed by atoms with Crippen LogP contribution in [0.25, 0.3) is 28.1 Å². The van der Waals surface area contributed by atoms with E-state index in [-0.39, 0.29) is 114 Å². The van der Waals surface area contributed by atoms with E-state index in [9.17, 15) is 43.8 Å². The summed E-state index contributed by atoms with van der Waals surface area (Å²) in [5, 5.41) is 44.9. The Morgan fingerprint density at radius 1 is 0.795 bits per heavy atom. The van der Waals surface area contributed by atoms with Gasteiger partial charge in [-0.2, -0.15) is 5.10 Å². The number of morpholine rings is 1. The molecule has 0 aliphatic carbocycles. The molecular weight excluding hydrogens is 1060 g/mol. The zero-order valence-corrected chi connectivity index (χ0v) is 45.3. The lowest BCUT2D eigenvalue weighted by Crippen LogP contribution is -2.55. The summed E-state index contributed by atoms with van der Waals surface area (Å²) < 4.78 is 19.6. The number of nitrogens with one attached hydrogen (secondary N) is 4. The van der Waals surface area contributed by atoms with E-state index in [1.54, 1.807) is 73.9 Å². The van der Waals surface area contributed by atoms with Crippen molar-refractivity contribution in [3.05, 3.63) is 75.9 Å². The Bertz CT molecular complexity index is 2840. The van der Waals surface area contributed by atoms with Gasteiger partial charge in [0.15, 0.2) is 5.69 Å². The molecule has 3 aliphatic heterocycles. The second kappa shape index (κ2) is 27.1. The van der Waals surface area contributed by atoms with Crippen LogP contribution in [0.15, 0.2) is 54.6 Å². The van der Waals surface area contributed by atoms with Crippen molar-refractivity contribution in [3.8, 4) is 39.6 Å². The number of ether oxygens (including phenoxy) is 3. The SMILES string of the molecule is COc1cc2c(cc1-c1cccc(NC(=O)CCC(=O)NC3CCN(C(=O)CNCCN(CCN(CCNCC(=O)O)CC(=O)O)CC(=O)O)CC3)c1)-c1c(c(C(=O)N3CCOCC3(C)C)nn1-c1cc(Cl)cc(Cl)c1)CO2. The molecule has 2 saturated heterocycles. The lowest BCUT2D eigenvalue weighted by Gasteiger charge is -2.41. The lowest BCUT2D eigenvalue weighted by molar-refractivity contribution is -0.140. The monoisotopic (exact) mass is 1120 g/mol. The summed E-state index contributed by atoms with van der Waals surface area (Å²) in [4.78, 5) is 94.1. The van der Waals surface area contributed by atoms with E-state index in [0.717, 1.165) is 0 Å². The molecule has 4 heterocycles. The number of fused-ring (bicyclic) bond motifs is 3. The summed E-state index contributed by atoms with van der Waals surface area (Å²) in [6.45, 7) is 6.58. The summed E-state index contributed by atoms with van der Waals surface area (Å²) in [7, 11) is 1.55. The number of amides is 4. The first-order valence-electron chi connectivity index (χ1n) is 25.6. The maximum atomic E-state index is 14.4. The van der Waals surface area contributed by atoms with E-state index < -0.39 is 23.4 Å². The van der Waals surface area contributed by atoms with Crippen LogP contribution in [0.1, 0.15) is 55.6 Å². The van der Waals surface area contributed by atoms with Gasteiger partial charge in [0.1, 0.15) is 18.1 Å². The van der Waals surface area contributed by atoms with Crippen LogP contribution in [0.2, 0.25) is 10.0 Å². The number of carboxylic acids is 3. The molecule has 0 saturated carbocycles. The number of benzene rings is 3. The fraction of sp³-hybridized carbons (Fsp3) is 0.472. The van der Waals surface area contributed by atoms with Crippen molar-refractivity contribution in [1.82, 2.24) is 45.3 Å². The second-order valence-corrected chi connectivity index (χ2v) is 20.7. The van der Waals surface area contributed by atoms with Crippen molar-refractivity contribution in [3.63, 3.8) is 0 Å². The van der Waals surface area contributed by atoms with E-state index in [1.165, 1.54) is 0 Å². The summed E-state index contributed by atoms with van der Waals surface area (Å²) in [5.74, 6) is -3.26. The molecule has 25 heteroatoms. The third-order valence-electron chi connectivity index (χ3n) is 13.6. The molecule has 1 aromatic heterocycles. The Hall–Kier alpha value is -6.86. The van der Waals surface area contributed by atoms with Gasteiger partial charge >= 0.3 is 17.9 Å². The molecule has 4 amide bonds. The first-order chi connectivity index (χ1) is 37.3. The maximum absolute atomic E-state index is 14.4. The number of nitrogens with zero attached hydrogens (tertiary/aromatic N) is 6. The molecular formula is C53H66Cl2N10O13. The Morgan fingerprint density at radius 3 is 2.08 bits per heavy atom.